The molecule has 0 fully saturated rings. The fourth-order valence-corrected chi connectivity index (χ4v) is 2.38. The van der Waals surface area contributed by atoms with Crippen LogP contribution in [-0.4, -0.2) is 4.57 Å². The Morgan fingerprint density at radius 2 is 2.06 bits per heavy atom. The number of fused-ring (bicyclic) bond motifs is 1. The fourth-order valence-electron chi connectivity index (χ4n) is 1.89. The second-order valence-electron chi connectivity index (χ2n) is 3.70. The van der Waals surface area contributed by atoms with E-state index in [0.29, 0.717) is 0 Å². The summed E-state index contributed by atoms with van der Waals surface area (Å²) in [6, 6.07) is 12.2. The molecule has 2 aromatic heterocycles. The molecular formula is C13H10BrNO. The quantitative estimate of drug-likeness (QED) is 0.690. The van der Waals surface area contributed by atoms with E-state index < -0.39 is 0 Å². The van der Waals surface area contributed by atoms with Crippen molar-refractivity contribution in [2.75, 3.05) is 0 Å². The van der Waals surface area contributed by atoms with Crippen molar-refractivity contribution in [3.63, 3.8) is 0 Å². The molecule has 0 aliphatic carbocycles. The van der Waals surface area contributed by atoms with Gasteiger partial charge in [0.15, 0.2) is 0 Å². The Kier molecular flexibility index (Phi) is 2.33. The summed E-state index contributed by atoms with van der Waals surface area (Å²) in [6.07, 6.45) is 3.79. The zero-order valence-electron chi connectivity index (χ0n) is 8.56. The molecule has 0 aliphatic rings. The van der Waals surface area contributed by atoms with E-state index >= 15 is 0 Å². The SMILES string of the molecule is Brc1cccc2c1ccn2Cc1ccco1. The number of hydrogen-bond acceptors (Lipinski definition) is 1. The standard InChI is InChI=1S/C13H10BrNO/c14-12-4-1-5-13-11(12)6-7-15(13)9-10-3-2-8-16-10/h1-8H,9H2. The summed E-state index contributed by atoms with van der Waals surface area (Å²) < 4.78 is 8.66. The highest BCUT2D eigenvalue weighted by Gasteiger charge is 2.04. The van der Waals surface area contributed by atoms with E-state index in [1.54, 1.807) is 6.26 Å². The van der Waals surface area contributed by atoms with E-state index in [1.807, 2.05) is 18.2 Å². The number of hydrogen-bond donors (Lipinski definition) is 0. The van der Waals surface area contributed by atoms with Gasteiger partial charge in [0.05, 0.1) is 12.8 Å². The van der Waals surface area contributed by atoms with Crippen LogP contribution in [0.25, 0.3) is 10.9 Å². The minimum absolute atomic E-state index is 0.771. The van der Waals surface area contributed by atoms with Crippen LogP contribution in [0.5, 0.6) is 0 Å². The van der Waals surface area contributed by atoms with Crippen molar-refractivity contribution in [1.29, 1.82) is 0 Å². The number of nitrogens with zero attached hydrogens (tertiary/aromatic N) is 1. The minimum atomic E-state index is 0.771. The van der Waals surface area contributed by atoms with E-state index in [2.05, 4.69) is 44.9 Å². The topological polar surface area (TPSA) is 18.1 Å². The van der Waals surface area contributed by atoms with Crippen molar-refractivity contribution in [1.82, 2.24) is 4.57 Å². The fraction of sp³-hybridized carbons (Fsp3) is 0.0769. The largest absolute Gasteiger partial charge is 0.467 e. The van der Waals surface area contributed by atoms with Crippen LogP contribution in [0.1, 0.15) is 5.76 Å². The average molecular weight is 276 g/mol. The first-order chi connectivity index (χ1) is 7.84. The molecule has 0 amide bonds. The molecule has 0 unspecified atom stereocenters. The zero-order chi connectivity index (χ0) is 11.0. The van der Waals surface area contributed by atoms with Crippen LogP contribution in [-0.2, 0) is 6.54 Å². The zero-order valence-corrected chi connectivity index (χ0v) is 10.1. The maximum Gasteiger partial charge on any atom is 0.123 e. The molecule has 3 rings (SSSR count). The molecule has 1 aromatic carbocycles. The van der Waals surface area contributed by atoms with Crippen molar-refractivity contribution in [3.05, 3.63) is 59.1 Å². The summed E-state index contributed by atoms with van der Waals surface area (Å²) in [5.74, 6) is 0.970. The Hall–Kier alpha value is -1.48. The van der Waals surface area contributed by atoms with Gasteiger partial charge < -0.3 is 8.98 Å². The summed E-state index contributed by atoms with van der Waals surface area (Å²) in [5, 5.41) is 1.23. The lowest BCUT2D eigenvalue weighted by molar-refractivity contribution is 0.497. The molecule has 16 heavy (non-hydrogen) atoms. The van der Waals surface area contributed by atoms with Crippen LogP contribution >= 0.6 is 15.9 Å². The van der Waals surface area contributed by atoms with E-state index in [1.165, 1.54) is 10.9 Å². The predicted octanol–water partition coefficient (Wildman–Crippen LogP) is 4.05. The van der Waals surface area contributed by atoms with Crippen molar-refractivity contribution >= 4 is 26.8 Å². The Morgan fingerprint density at radius 1 is 1.12 bits per heavy atom. The highest BCUT2D eigenvalue weighted by molar-refractivity contribution is 9.10. The van der Waals surface area contributed by atoms with Gasteiger partial charge in [0.1, 0.15) is 5.76 Å². The van der Waals surface area contributed by atoms with Gasteiger partial charge in [-0.2, -0.15) is 0 Å². The third kappa shape index (κ3) is 1.57. The Morgan fingerprint density at radius 3 is 2.88 bits per heavy atom. The average Bonchev–Trinajstić information content (AvgIpc) is 2.90. The molecule has 2 heterocycles. The van der Waals surface area contributed by atoms with Gasteiger partial charge in [0.2, 0.25) is 0 Å². The Bertz CT molecular complexity index is 610. The van der Waals surface area contributed by atoms with Crippen molar-refractivity contribution in [2.45, 2.75) is 6.54 Å². The van der Waals surface area contributed by atoms with E-state index in [4.69, 9.17) is 4.42 Å². The molecule has 2 nitrogen and oxygen atoms in total. The molecule has 80 valence electrons. The lowest BCUT2D eigenvalue weighted by atomic mass is 10.2. The minimum Gasteiger partial charge on any atom is -0.467 e. The van der Waals surface area contributed by atoms with Crippen LogP contribution < -0.4 is 0 Å². The number of aromatic nitrogens is 1. The van der Waals surface area contributed by atoms with Crippen molar-refractivity contribution in [3.8, 4) is 0 Å². The molecule has 0 atom stereocenters. The van der Waals surface area contributed by atoms with Crippen molar-refractivity contribution < 1.29 is 4.42 Å². The third-order valence-electron chi connectivity index (χ3n) is 2.67. The summed E-state index contributed by atoms with van der Waals surface area (Å²) >= 11 is 3.55. The van der Waals surface area contributed by atoms with Crippen LogP contribution in [0.4, 0.5) is 0 Å². The van der Waals surface area contributed by atoms with Gasteiger partial charge in [-0.25, -0.2) is 0 Å². The summed E-state index contributed by atoms with van der Waals surface area (Å²) in [7, 11) is 0. The molecule has 0 saturated carbocycles. The molecule has 0 aliphatic heterocycles. The molecular weight excluding hydrogens is 266 g/mol. The van der Waals surface area contributed by atoms with Crippen LogP contribution in [0.15, 0.2) is 57.7 Å². The molecule has 0 radical (unpaired) electrons. The molecule has 0 saturated heterocycles. The molecule has 0 bridgehead atoms. The van der Waals surface area contributed by atoms with Crippen LogP contribution in [0.2, 0.25) is 0 Å². The maximum absolute atomic E-state index is 5.35. The number of furan rings is 1. The molecule has 3 heteroatoms. The first-order valence-corrected chi connectivity index (χ1v) is 5.89. The normalized spacial score (nSPS) is 11.1. The monoisotopic (exact) mass is 275 g/mol. The Labute approximate surface area is 102 Å². The van der Waals surface area contributed by atoms with Gasteiger partial charge in [0, 0.05) is 21.6 Å². The lowest BCUT2D eigenvalue weighted by Crippen LogP contribution is -1.95. The highest BCUT2D eigenvalue weighted by Crippen LogP contribution is 2.25. The van der Waals surface area contributed by atoms with E-state index in [-0.39, 0.29) is 0 Å². The first kappa shape index (κ1) is 9.73. The predicted molar refractivity (Wildman–Crippen MR) is 67.4 cm³/mol. The van der Waals surface area contributed by atoms with Gasteiger partial charge in [-0.15, -0.1) is 0 Å². The molecule has 0 spiro atoms. The van der Waals surface area contributed by atoms with Gasteiger partial charge in [0.25, 0.3) is 0 Å². The number of rotatable bonds is 2. The molecule has 3 aromatic rings. The van der Waals surface area contributed by atoms with Gasteiger partial charge in [-0.05, 0) is 30.3 Å². The highest BCUT2D eigenvalue weighted by atomic mass is 79.9. The third-order valence-corrected chi connectivity index (χ3v) is 3.36. The smallest absolute Gasteiger partial charge is 0.123 e. The van der Waals surface area contributed by atoms with Crippen LogP contribution in [0.3, 0.4) is 0 Å². The lowest BCUT2D eigenvalue weighted by Gasteiger charge is -2.03. The van der Waals surface area contributed by atoms with Gasteiger partial charge >= 0.3 is 0 Å². The number of benzene rings is 1. The second kappa shape index (κ2) is 3.83. The Balaban J connectivity index is 2.08. The summed E-state index contributed by atoms with van der Waals surface area (Å²) in [6.45, 7) is 0.771. The van der Waals surface area contributed by atoms with Crippen molar-refractivity contribution in [2.24, 2.45) is 0 Å². The van der Waals surface area contributed by atoms with Crippen LogP contribution in [0, 0.1) is 0 Å². The summed E-state index contributed by atoms with van der Waals surface area (Å²) in [5.41, 5.74) is 1.21. The summed E-state index contributed by atoms with van der Waals surface area (Å²) in [4.78, 5) is 0. The maximum atomic E-state index is 5.35. The first-order valence-electron chi connectivity index (χ1n) is 5.10. The van der Waals surface area contributed by atoms with Gasteiger partial charge in [-0.1, -0.05) is 22.0 Å². The van der Waals surface area contributed by atoms with Gasteiger partial charge in [-0.3, -0.25) is 0 Å². The van der Waals surface area contributed by atoms with E-state index in [9.17, 15) is 0 Å². The van der Waals surface area contributed by atoms with E-state index in [0.717, 1.165) is 16.8 Å². The second-order valence-corrected chi connectivity index (χ2v) is 4.55. The molecule has 0 N–H and O–H groups in total. The number of halogens is 1.